The Morgan fingerprint density at radius 2 is 1.96 bits per heavy atom. The molecule has 0 amide bonds. The largest absolute Gasteiger partial charge is 0.465 e. The van der Waals surface area contributed by atoms with Crippen molar-refractivity contribution in [2.75, 3.05) is 19.9 Å². The zero-order valence-electron chi connectivity index (χ0n) is 14.6. The zero-order chi connectivity index (χ0) is 17.2. The molecule has 2 aromatic rings. The number of hydrogen-bond donors (Lipinski definition) is 1. The van der Waals surface area contributed by atoms with Crippen LogP contribution in [0, 0.1) is 0 Å². The number of furan rings is 1. The number of hydrogen-bond acceptors (Lipinski definition) is 5. The Labute approximate surface area is 148 Å². The highest BCUT2D eigenvalue weighted by molar-refractivity contribution is 5.45. The molecule has 0 unspecified atom stereocenters. The maximum Gasteiger partial charge on any atom is 0.231 e. The first-order valence-electron chi connectivity index (χ1n) is 9.10. The van der Waals surface area contributed by atoms with Crippen LogP contribution < -0.4 is 9.47 Å². The lowest BCUT2D eigenvalue weighted by atomic mass is 9.87. The third-order valence-corrected chi connectivity index (χ3v) is 5.08. The molecule has 2 aliphatic rings. The Morgan fingerprint density at radius 1 is 1.12 bits per heavy atom. The molecule has 0 radical (unpaired) electrons. The number of piperidine rings is 1. The van der Waals surface area contributed by atoms with Gasteiger partial charge >= 0.3 is 0 Å². The molecule has 134 valence electrons. The second-order valence-electron chi connectivity index (χ2n) is 6.93. The van der Waals surface area contributed by atoms with Gasteiger partial charge in [-0.05, 0) is 49.2 Å². The number of aliphatic hydroxyl groups is 1. The number of aryl methyl sites for hydroxylation is 1. The number of aliphatic hydroxyl groups excluding tert-OH is 1. The van der Waals surface area contributed by atoms with Gasteiger partial charge in [-0.25, -0.2) is 0 Å². The van der Waals surface area contributed by atoms with Crippen molar-refractivity contribution in [3.05, 3.63) is 47.4 Å². The van der Waals surface area contributed by atoms with Gasteiger partial charge in [-0.15, -0.1) is 0 Å². The van der Waals surface area contributed by atoms with Crippen molar-refractivity contribution >= 4 is 0 Å². The first-order chi connectivity index (χ1) is 12.2. The molecule has 0 aliphatic carbocycles. The molecule has 2 atom stereocenters. The highest BCUT2D eigenvalue weighted by Gasteiger charge is 2.30. The molecular weight excluding hydrogens is 318 g/mol. The van der Waals surface area contributed by atoms with E-state index in [0.717, 1.165) is 60.9 Å². The van der Waals surface area contributed by atoms with Gasteiger partial charge in [0, 0.05) is 18.9 Å². The molecule has 5 heteroatoms. The Hall–Kier alpha value is -1.98. The molecule has 1 aromatic heterocycles. The molecule has 1 aromatic carbocycles. The second kappa shape index (κ2) is 7.10. The predicted molar refractivity (Wildman–Crippen MR) is 93.9 cm³/mol. The third-order valence-electron chi connectivity index (χ3n) is 5.08. The molecule has 1 N–H and O–H groups in total. The molecule has 0 spiro atoms. The molecule has 5 nitrogen and oxygen atoms in total. The van der Waals surface area contributed by atoms with Crippen LogP contribution >= 0.6 is 0 Å². The topological polar surface area (TPSA) is 55.1 Å². The minimum Gasteiger partial charge on any atom is -0.465 e. The number of ether oxygens (including phenoxy) is 2. The smallest absolute Gasteiger partial charge is 0.231 e. The monoisotopic (exact) mass is 343 g/mol. The molecule has 4 rings (SSSR count). The predicted octanol–water partition coefficient (Wildman–Crippen LogP) is 3.31. The lowest BCUT2D eigenvalue weighted by Gasteiger charge is -2.35. The first-order valence-corrected chi connectivity index (χ1v) is 9.10. The fourth-order valence-corrected chi connectivity index (χ4v) is 3.78. The average Bonchev–Trinajstić information content (AvgIpc) is 3.24. The number of rotatable bonds is 5. The summed E-state index contributed by atoms with van der Waals surface area (Å²) < 4.78 is 16.7. The second-order valence-corrected chi connectivity index (χ2v) is 6.93. The normalized spacial score (nSPS) is 23.1. The van der Waals surface area contributed by atoms with Crippen LogP contribution in [0.1, 0.15) is 42.8 Å². The summed E-state index contributed by atoms with van der Waals surface area (Å²) in [6.07, 6.45) is 2.60. The molecular formula is C20H25NO4. The first kappa shape index (κ1) is 16.5. The van der Waals surface area contributed by atoms with Crippen LogP contribution in [0.3, 0.4) is 0 Å². The summed E-state index contributed by atoms with van der Waals surface area (Å²) in [5.74, 6) is 3.74. The van der Waals surface area contributed by atoms with E-state index in [-0.39, 0.29) is 18.8 Å². The van der Waals surface area contributed by atoms with Crippen molar-refractivity contribution < 1.29 is 19.0 Å². The summed E-state index contributed by atoms with van der Waals surface area (Å²) in [5, 5.41) is 10.7. The standard InChI is InChI=1S/C20H25NO4/c1-2-3-15-5-6-16(25-15)11-21-9-8-17(18(22)12-21)14-4-7-19-20(10-14)24-13-23-19/h4-7,10,17-18,22H,2-3,8-9,11-13H2,1H3/t17-,18+/m0/s1. The van der Waals surface area contributed by atoms with Crippen LogP contribution in [-0.2, 0) is 13.0 Å². The van der Waals surface area contributed by atoms with Gasteiger partial charge in [0.1, 0.15) is 11.5 Å². The van der Waals surface area contributed by atoms with Gasteiger partial charge in [0.15, 0.2) is 11.5 Å². The van der Waals surface area contributed by atoms with Crippen molar-refractivity contribution in [2.24, 2.45) is 0 Å². The van der Waals surface area contributed by atoms with Gasteiger partial charge in [-0.3, -0.25) is 4.90 Å². The fourth-order valence-electron chi connectivity index (χ4n) is 3.78. The van der Waals surface area contributed by atoms with Crippen LogP contribution in [0.25, 0.3) is 0 Å². The summed E-state index contributed by atoms with van der Waals surface area (Å²) in [6.45, 7) is 4.79. The quantitative estimate of drug-likeness (QED) is 0.903. The van der Waals surface area contributed by atoms with Crippen LogP contribution in [0.15, 0.2) is 34.7 Å². The molecule has 25 heavy (non-hydrogen) atoms. The minimum atomic E-state index is -0.390. The highest BCUT2D eigenvalue weighted by atomic mass is 16.7. The lowest BCUT2D eigenvalue weighted by Crippen LogP contribution is -2.42. The van der Waals surface area contributed by atoms with Crippen LogP contribution in [0.2, 0.25) is 0 Å². The van der Waals surface area contributed by atoms with Crippen molar-refractivity contribution in [3.8, 4) is 11.5 Å². The van der Waals surface area contributed by atoms with E-state index in [4.69, 9.17) is 13.9 Å². The van der Waals surface area contributed by atoms with Crippen molar-refractivity contribution in [3.63, 3.8) is 0 Å². The highest BCUT2D eigenvalue weighted by Crippen LogP contribution is 2.37. The van der Waals surface area contributed by atoms with Gasteiger partial charge < -0.3 is 19.0 Å². The lowest BCUT2D eigenvalue weighted by molar-refractivity contribution is 0.0445. The van der Waals surface area contributed by atoms with Gasteiger partial charge in [0.2, 0.25) is 6.79 Å². The molecule has 0 saturated carbocycles. The van der Waals surface area contributed by atoms with Gasteiger partial charge in [0.25, 0.3) is 0 Å². The van der Waals surface area contributed by atoms with Crippen LogP contribution in [0.4, 0.5) is 0 Å². The van der Waals surface area contributed by atoms with E-state index in [9.17, 15) is 5.11 Å². The maximum absolute atomic E-state index is 10.7. The molecule has 1 saturated heterocycles. The summed E-state index contributed by atoms with van der Waals surface area (Å²) in [4.78, 5) is 2.27. The van der Waals surface area contributed by atoms with Crippen LogP contribution in [0.5, 0.6) is 11.5 Å². The van der Waals surface area contributed by atoms with E-state index >= 15 is 0 Å². The van der Waals surface area contributed by atoms with E-state index in [1.165, 1.54) is 0 Å². The maximum atomic E-state index is 10.7. The fraction of sp³-hybridized carbons (Fsp3) is 0.500. The number of benzene rings is 1. The molecule has 2 aliphatic heterocycles. The van der Waals surface area contributed by atoms with Gasteiger partial charge in [-0.2, -0.15) is 0 Å². The van der Waals surface area contributed by atoms with Crippen molar-refractivity contribution in [2.45, 2.75) is 44.8 Å². The summed E-state index contributed by atoms with van der Waals surface area (Å²) >= 11 is 0. The Balaban J connectivity index is 1.38. The number of nitrogens with zero attached hydrogens (tertiary/aromatic N) is 1. The zero-order valence-corrected chi connectivity index (χ0v) is 14.6. The van der Waals surface area contributed by atoms with E-state index in [2.05, 4.69) is 24.0 Å². The van der Waals surface area contributed by atoms with E-state index in [0.29, 0.717) is 6.54 Å². The number of β-amino-alcohol motifs (C(OH)–C–C–N with tert-alkyl or cyclic N) is 1. The Kier molecular flexibility index (Phi) is 4.68. The minimum absolute atomic E-state index is 0.137. The SMILES string of the molecule is CCCc1ccc(CN2CC[C@@H](c3ccc4c(c3)OCO4)[C@H](O)C2)o1. The summed E-state index contributed by atoms with van der Waals surface area (Å²) in [6, 6.07) is 10.1. The van der Waals surface area contributed by atoms with Gasteiger partial charge in [-0.1, -0.05) is 13.0 Å². The Morgan fingerprint density at radius 3 is 2.80 bits per heavy atom. The third kappa shape index (κ3) is 3.53. The summed E-state index contributed by atoms with van der Waals surface area (Å²) in [5.41, 5.74) is 1.12. The van der Waals surface area contributed by atoms with E-state index < -0.39 is 0 Å². The average molecular weight is 343 g/mol. The van der Waals surface area contributed by atoms with Gasteiger partial charge in [0.05, 0.1) is 12.6 Å². The van der Waals surface area contributed by atoms with Crippen molar-refractivity contribution in [1.82, 2.24) is 4.90 Å². The van der Waals surface area contributed by atoms with E-state index in [1.807, 2.05) is 18.2 Å². The molecule has 3 heterocycles. The van der Waals surface area contributed by atoms with E-state index in [1.54, 1.807) is 0 Å². The van der Waals surface area contributed by atoms with Crippen molar-refractivity contribution in [1.29, 1.82) is 0 Å². The summed E-state index contributed by atoms with van der Waals surface area (Å²) in [7, 11) is 0. The number of likely N-dealkylation sites (tertiary alicyclic amines) is 1. The number of fused-ring (bicyclic) bond motifs is 1. The molecule has 1 fully saturated rings. The molecule has 0 bridgehead atoms. The Bertz CT molecular complexity index is 726. The van der Waals surface area contributed by atoms with Crippen LogP contribution in [-0.4, -0.2) is 36.0 Å².